The van der Waals surface area contributed by atoms with Gasteiger partial charge in [0.15, 0.2) is 0 Å². The van der Waals surface area contributed by atoms with Crippen LogP contribution in [0.1, 0.15) is 52.4 Å². The third-order valence-corrected chi connectivity index (χ3v) is 4.93. The Morgan fingerprint density at radius 2 is 1.31 bits per heavy atom. The molecule has 0 bridgehead atoms. The minimum absolute atomic E-state index is 0.212. The first-order chi connectivity index (χ1) is 15.1. The molecule has 0 aliphatic carbocycles. The Morgan fingerprint density at radius 1 is 0.781 bits per heavy atom. The Morgan fingerprint density at radius 3 is 1.78 bits per heavy atom. The second-order valence-electron chi connectivity index (χ2n) is 8.05. The Hall–Kier alpha value is -2.28. The minimum atomic E-state index is -1.50. The maximum absolute atomic E-state index is 12.9. The maximum atomic E-state index is 12.9. The molecule has 12 nitrogen and oxygen atoms in total. The molecule has 186 valence electrons. The molecule has 0 radical (unpaired) electrons. The second-order valence-corrected chi connectivity index (χ2v) is 8.05. The SMILES string of the molecule is CC(C)C(NC(=O)C(N)CCCCN)C(=O)NC(CCCCN)C(=O)NC(CO)C(=O)O. The number of aliphatic hydroxyl groups excluding tert-OH is 1. The van der Waals surface area contributed by atoms with Gasteiger partial charge in [0.05, 0.1) is 12.6 Å². The van der Waals surface area contributed by atoms with Crippen LogP contribution in [0.2, 0.25) is 0 Å². The summed E-state index contributed by atoms with van der Waals surface area (Å²) in [5.41, 5.74) is 16.8. The van der Waals surface area contributed by atoms with Gasteiger partial charge in [-0.1, -0.05) is 20.3 Å². The fourth-order valence-electron chi connectivity index (χ4n) is 2.92. The van der Waals surface area contributed by atoms with Gasteiger partial charge in [-0.15, -0.1) is 0 Å². The zero-order valence-electron chi connectivity index (χ0n) is 19.0. The molecule has 32 heavy (non-hydrogen) atoms. The van der Waals surface area contributed by atoms with Gasteiger partial charge in [-0.2, -0.15) is 0 Å². The molecule has 0 saturated carbocycles. The number of carboxylic acids is 1. The lowest BCUT2D eigenvalue weighted by Gasteiger charge is -2.27. The maximum Gasteiger partial charge on any atom is 0.328 e. The Labute approximate surface area is 189 Å². The minimum Gasteiger partial charge on any atom is -0.480 e. The summed E-state index contributed by atoms with van der Waals surface area (Å²) in [4.78, 5) is 49.0. The highest BCUT2D eigenvalue weighted by molar-refractivity contribution is 5.94. The molecule has 0 aromatic rings. The van der Waals surface area contributed by atoms with Gasteiger partial charge in [-0.05, 0) is 51.1 Å². The Kier molecular flexibility index (Phi) is 15.2. The van der Waals surface area contributed by atoms with Crippen LogP contribution in [-0.2, 0) is 19.2 Å². The largest absolute Gasteiger partial charge is 0.480 e. The summed E-state index contributed by atoms with van der Waals surface area (Å²) in [6.07, 6.45) is 3.17. The molecule has 12 heteroatoms. The van der Waals surface area contributed by atoms with E-state index in [9.17, 15) is 19.2 Å². The molecule has 0 aliphatic heterocycles. The number of hydrogen-bond donors (Lipinski definition) is 8. The molecule has 0 heterocycles. The summed E-state index contributed by atoms with van der Waals surface area (Å²) in [7, 11) is 0. The van der Waals surface area contributed by atoms with E-state index in [0.29, 0.717) is 38.8 Å². The Balaban J connectivity index is 5.24. The van der Waals surface area contributed by atoms with Gasteiger partial charge in [-0.25, -0.2) is 4.79 Å². The van der Waals surface area contributed by atoms with Crippen molar-refractivity contribution in [3.05, 3.63) is 0 Å². The average Bonchev–Trinajstić information content (AvgIpc) is 2.74. The molecule has 0 rings (SSSR count). The van der Waals surface area contributed by atoms with Gasteiger partial charge in [0, 0.05) is 0 Å². The zero-order valence-corrected chi connectivity index (χ0v) is 19.0. The van der Waals surface area contributed by atoms with Crippen LogP contribution >= 0.6 is 0 Å². The molecule has 0 saturated heterocycles. The number of aliphatic carboxylic acids is 1. The molecular weight excluding hydrogens is 420 g/mol. The third kappa shape index (κ3) is 11.4. The number of carbonyl (C=O) groups is 4. The van der Waals surface area contributed by atoms with E-state index in [-0.39, 0.29) is 12.3 Å². The van der Waals surface area contributed by atoms with E-state index in [0.717, 1.165) is 6.42 Å². The normalized spacial score (nSPS) is 14.8. The van der Waals surface area contributed by atoms with Crippen LogP contribution in [0, 0.1) is 5.92 Å². The number of amides is 3. The van der Waals surface area contributed by atoms with Crippen molar-refractivity contribution >= 4 is 23.7 Å². The summed E-state index contributed by atoms with van der Waals surface area (Å²) in [6, 6.07) is -4.29. The summed E-state index contributed by atoms with van der Waals surface area (Å²) in [6.45, 7) is 3.57. The van der Waals surface area contributed by atoms with Crippen molar-refractivity contribution in [2.24, 2.45) is 23.1 Å². The summed E-state index contributed by atoms with van der Waals surface area (Å²) >= 11 is 0. The molecule has 3 amide bonds. The van der Waals surface area contributed by atoms with Crippen LogP contribution in [0.25, 0.3) is 0 Å². The van der Waals surface area contributed by atoms with Crippen molar-refractivity contribution in [1.29, 1.82) is 0 Å². The first kappa shape index (κ1) is 29.7. The monoisotopic (exact) mass is 460 g/mol. The standard InChI is InChI=1S/C20H40N6O6/c1-12(2)16(26-17(28)13(23)7-3-5-9-21)19(30)24-14(8-4-6-10-22)18(29)25-15(11-27)20(31)32/h12-16,27H,3-11,21-23H2,1-2H3,(H,24,30)(H,25,29)(H,26,28)(H,31,32). The van der Waals surface area contributed by atoms with E-state index < -0.39 is 54.5 Å². The zero-order chi connectivity index (χ0) is 24.7. The predicted molar refractivity (Wildman–Crippen MR) is 119 cm³/mol. The number of aliphatic hydroxyl groups is 1. The lowest BCUT2D eigenvalue weighted by molar-refractivity contribution is -0.143. The fourth-order valence-corrected chi connectivity index (χ4v) is 2.92. The number of hydrogen-bond acceptors (Lipinski definition) is 8. The number of carbonyl (C=O) groups excluding carboxylic acids is 3. The number of rotatable bonds is 17. The van der Waals surface area contributed by atoms with Crippen molar-refractivity contribution in [2.45, 2.75) is 76.5 Å². The smallest absolute Gasteiger partial charge is 0.328 e. The highest BCUT2D eigenvalue weighted by Gasteiger charge is 2.31. The van der Waals surface area contributed by atoms with Crippen LogP contribution in [-0.4, -0.2) is 77.8 Å². The van der Waals surface area contributed by atoms with Crippen LogP contribution < -0.4 is 33.2 Å². The van der Waals surface area contributed by atoms with Gasteiger partial charge in [0.2, 0.25) is 17.7 Å². The van der Waals surface area contributed by atoms with Crippen LogP contribution in [0.5, 0.6) is 0 Å². The molecule has 4 unspecified atom stereocenters. The first-order valence-electron chi connectivity index (χ1n) is 11.0. The highest BCUT2D eigenvalue weighted by atomic mass is 16.4. The van der Waals surface area contributed by atoms with Crippen molar-refractivity contribution in [3.63, 3.8) is 0 Å². The van der Waals surface area contributed by atoms with Crippen LogP contribution in [0.15, 0.2) is 0 Å². The number of nitrogens with one attached hydrogen (secondary N) is 3. The lowest BCUT2D eigenvalue weighted by Crippen LogP contribution is -2.58. The molecule has 0 aromatic heterocycles. The highest BCUT2D eigenvalue weighted by Crippen LogP contribution is 2.07. The first-order valence-corrected chi connectivity index (χ1v) is 11.0. The van der Waals surface area contributed by atoms with Crippen LogP contribution in [0.3, 0.4) is 0 Å². The van der Waals surface area contributed by atoms with E-state index in [1.165, 1.54) is 0 Å². The molecular formula is C20H40N6O6. The quantitative estimate of drug-likeness (QED) is 0.110. The van der Waals surface area contributed by atoms with Crippen molar-refractivity contribution in [2.75, 3.05) is 19.7 Å². The lowest BCUT2D eigenvalue weighted by atomic mass is 10.0. The van der Waals surface area contributed by atoms with E-state index in [1.807, 2.05) is 0 Å². The topological polar surface area (TPSA) is 223 Å². The van der Waals surface area contributed by atoms with Gasteiger partial charge >= 0.3 is 5.97 Å². The number of carboxylic acid groups (broad SMARTS) is 1. The Bertz CT molecular complexity index is 603. The summed E-state index contributed by atoms with van der Waals surface area (Å²) in [5, 5.41) is 25.6. The third-order valence-electron chi connectivity index (χ3n) is 4.93. The van der Waals surface area contributed by atoms with Crippen molar-refractivity contribution in [3.8, 4) is 0 Å². The summed E-state index contributed by atoms with van der Waals surface area (Å²) in [5.74, 6) is -3.52. The van der Waals surface area contributed by atoms with E-state index in [2.05, 4.69) is 16.0 Å². The molecule has 0 spiro atoms. The van der Waals surface area contributed by atoms with Gasteiger partial charge < -0.3 is 43.4 Å². The van der Waals surface area contributed by atoms with Gasteiger partial charge in [0.1, 0.15) is 18.1 Å². The molecule has 4 atom stereocenters. The van der Waals surface area contributed by atoms with E-state index in [4.69, 9.17) is 27.4 Å². The molecule has 0 aliphatic rings. The number of unbranched alkanes of at least 4 members (excludes halogenated alkanes) is 2. The number of nitrogens with two attached hydrogens (primary N) is 3. The molecule has 0 aromatic carbocycles. The van der Waals surface area contributed by atoms with Gasteiger partial charge in [-0.3, -0.25) is 14.4 Å². The predicted octanol–water partition coefficient (Wildman–Crippen LogP) is -2.24. The van der Waals surface area contributed by atoms with Crippen LogP contribution in [0.4, 0.5) is 0 Å². The van der Waals surface area contributed by atoms with Crippen molar-refractivity contribution < 1.29 is 29.4 Å². The fraction of sp³-hybridized carbons (Fsp3) is 0.800. The average molecular weight is 461 g/mol. The molecule has 0 fully saturated rings. The second kappa shape index (κ2) is 16.4. The van der Waals surface area contributed by atoms with Gasteiger partial charge in [0.25, 0.3) is 0 Å². The molecule has 11 N–H and O–H groups in total. The van der Waals surface area contributed by atoms with Crippen molar-refractivity contribution in [1.82, 2.24) is 16.0 Å². The van der Waals surface area contributed by atoms with E-state index in [1.54, 1.807) is 13.8 Å². The van der Waals surface area contributed by atoms with E-state index >= 15 is 0 Å². The summed E-state index contributed by atoms with van der Waals surface area (Å²) < 4.78 is 0.